The third-order valence-corrected chi connectivity index (χ3v) is 2.50. The molecule has 1 aromatic heterocycles. The van der Waals surface area contributed by atoms with Gasteiger partial charge in [0.1, 0.15) is 5.75 Å². The average Bonchev–Trinajstić information content (AvgIpc) is 2.86. The molecule has 2 rings (SSSR count). The number of aromatic nitrogens is 4. The topological polar surface area (TPSA) is 89.7 Å². The maximum Gasteiger partial charge on any atom is 0.183 e. The highest BCUT2D eigenvalue weighted by Crippen LogP contribution is 2.28. The molecule has 0 aliphatic heterocycles. The maximum atomic E-state index is 5.78. The summed E-state index contributed by atoms with van der Waals surface area (Å²) in [6, 6.07) is 7.76. The summed E-state index contributed by atoms with van der Waals surface area (Å²) in [6.07, 6.45) is 0. The van der Waals surface area contributed by atoms with Crippen LogP contribution in [0.5, 0.6) is 5.75 Å². The van der Waals surface area contributed by atoms with Crippen molar-refractivity contribution in [1.82, 2.24) is 20.6 Å². The van der Waals surface area contributed by atoms with Crippen LogP contribution in [0, 0.1) is 0 Å². The minimum absolute atomic E-state index is 0.100. The predicted octanol–water partition coefficient (Wildman–Crippen LogP) is 0.689. The standard InChI is InChI=1S/C11H15N5O/c1-2-17-10-6-4-3-5-8(10)9(7-12)11-13-15-16-14-11/h3-6,9H,2,7,12H2,1H3,(H,13,14,15,16). The number of rotatable bonds is 5. The lowest BCUT2D eigenvalue weighted by atomic mass is 9.97. The summed E-state index contributed by atoms with van der Waals surface area (Å²) in [5.74, 6) is 1.30. The fourth-order valence-electron chi connectivity index (χ4n) is 1.74. The van der Waals surface area contributed by atoms with Crippen molar-refractivity contribution < 1.29 is 4.74 Å². The fraction of sp³-hybridized carbons (Fsp3) is 0.364. The Labute approximate surface area is 99.2 Å². The van der Waals surface area contributed by atoms with Crippen molar-refractivity contribution in [2.75, 3.05) is 13.2 Å². The maximum absolute atomic E-state index is 5.78. The molecule has 17 heavy (non-hydrogen) atoms. The van der Waals surface area contributed by atoms with Gasteiger partial charge >= 0.3 is 0 Å². The zero-order chi connectivity index (χ0) is 12.1. The second-order valence-corrected chi connectivity index (χ2v) is 3.53. The number of ether oxygens (including phenoxy) is 1. The third-order valence-electron chi connectivity index (χ3n) is 2.50. The highest BCUT2D eigenvalue weighted by molar-refractivity contribution is 5.39. The van der Waals surface area contributed by atoms with Crippen molar-refractivity contribution in [1.29, 1.82) is 0 Å². The second-order valence-electron chi connectivity index (χ2n) is 3.53. The number of tetrazole rings is 1. The molecule has 0 fully saturated rings. The first-order valence-electron chi connectivity index (χ1n) is 5.52. The molecule has 0 aliphatic carbocycles. The van der Waals surface area contributed by atoms with Crippen LogP contribution < -0.4 is 10.5 Å². The van der Waals surface area contributed by atoms with Crippen molar-refractivity contribution in [2.45, 2.75) is 12.8 Å². The van der Waals surface area contributed by atoms with Crippen LogP contribution in [0.1, 0.15) is 24.2 Å². The van der Waals surface area contributed by atoms with Crippen molar-refractivity contribution in [3.8, 4) is 5.75 Å². The predicted molar refractivity (Wildman–Crippen MR) is 62.7 cm³/mol. The summed E-state index contributed by atoms with van der Waals surface area (Å²) in [7, 11) is 0. The van der Waals surface area contributed by atoms with Gasteiger partial charge in [-0.3, -0.25) is 0 Å². The number of nitrogens with two attached hydrogens (primary N) is 1. The van der Waals surface area contributed by atoms with Gasteiger partial charge in [-0.15, -0.1) is 10.2 Å². The normalized spacial score (nSPS) is 12.4. The van der Waals surface area contributed by atoms with Crippen molar-refractivity contribution >= 4 is 0 Å². The van der Waals surface area contributed by atoms with Crippen LogP contribution in [0.3, 0.4) is 0 Å². The van der Waals surface area contributed by atoms with E-state index in [9.17, 15) is 0 Å². The minimum Gasteiger partial charge on any atom is -0.494 e. The molecule has 1 heterocycles. The lowest BCUT2D eigenvalue weighted by molar-refractivity contribution is 0.335. The Morgan fingerprint density at radius 2 is 2.24 bits per heavy atom. The lowest BCUT2D eigenvalue weighted by Crippen LogP contribution is -2.16. The summed E-state index contributed by atoms with van der Waals surface area (Å²) >= 11 is 0. The lowest BCUT2D eigenvalue weighted by Gasteiger charge is -2.15. The van der Waals surface area contributed by atoms with Gasteiger partial charge in [0.25, 0.3) is 0 Å². The molecule has 0 aliphatic rings. The number of para-hydroxylation sites is 1. The van der Waals surface area contributed by atoms with Crippen LogP contribution in [-0.4, -0.2) is 33.8 Å². The number of nitrogens with zero attached hydrogens (tertiary/aromatic N) is 3. The van der Waals surface area contributed by atoms with Crippen LogP contribution in [0.25, 0.3) is 0 Å². The zero-order valence-corrected chi connectivity index (χ0v) is 9.63. The Bertz CT molecular complexity index is 457. The van der Waals surface area contributed by atoms with Gasteiger partial charge in [-0.1, -0.05) is 23.4 Å². The van der Waals surface area contributed by atoms with E-state index in [0.717, 1.165) is 11.3 Å². The average molecular weight is 233 g/mol. The van der Waals surface area contributed by atoms with E-state index in [2.05, 4.69) is 20.6 Å². The first-order chi connectivity index (χ1) is 8.36. The Kier molecular flexibility index (Phi) is 3.66. The molecule has 0 saturated carbocycles. The van der Waals surface area contributed by atoms with Gasteiger partial charge in [0.05, 0.1) is 12.5 Å². The molecule has 0 saturated heterocycles. The monoisotopic (exact) mass is 233 g/mol. The van der Waals surface area contributed by atoms with Gasteiger partial charge in [0.2, 0.25) is 0 Å². The molecule has 0 amide bonds. The van der Waals surface area contributed by atoms with Crippen LogP contribution in [0.4, 0.5) is 0 Å². The van der Waals surface area contributed by atoms with Crippen molar-refractivity contribution in [3.05, 3.63) is 35.7 Å². The molecule has 6 nitrogen and oxygen atoms in total. The Hall–Kier alpha value is -1.95. The van der Waals surface area contributed by atoms with E-state index in [1.807, 2.05) is 31.2 Å². The van der Waals surface area contributed by atoms with Crippen LogP contribution in [0.15, 0.2) is 24.3 Å². The van der Waals surface area contributed by atoms with E-state index in [4.69, 9.17) is 10.5 Å². The zero-order valence-electron chi connectivity index (χ0n) is 9.63. The van der Waals surface area contributed by atoms with Gasteiger partial charge in [-0.05, 0) is 13.0 Å². The summed E-state index contributed by atoms with van der Waals surface area (Å²) < 4.78 is 5.58. The molecule has 90 valence electrons. The Morgan fingerprint density at radius 3 is 2.88 bits per heavy atom. The SMILES string of the molecule is CCOc1ccccc1C(CN)c1nn[nH]n1. The highest BCUT2D eigenvalue weighted by Gasteiger charge is 2.20. The van der Waals surface area contributed by atoms with Gasteiger partial charge in [0, 0.05) is 12.1 Å². The van der Waals surface area contributed by atoms with Crippen molar-refractivity contribution in [2.24, 2.45) is 5.73 Å². The number of nitrogens with one attached hydrogen (secondary N) is 1. The summed E-state index contributed by atoms with van der Waals surface area (Å²) in [6.45, 7) is 2.97. The molecular formula is C11H15N5O. The largest absolute Gasteiger partial charge is 0.494 e. The molecule has 0 spiro atoms. The molecule has 2 aromatic rings. The van der Waals surface area contributed by atoms with E-state index in [1.165, 1.54) is 0 Å². The summed E-state index contributed by atoms with van der Waals surface area (Å²) in [5.41, 5.74) is 6.77. The van der Waals surface area contributed by atoms with Crippen LogP contribution in [0.2, 0.25) is 0 Å². The van der Waals surface area contributed by atoms with E-state index in [1.54, 1.807) is 0 Å². The van der Waals surface area contributed by atoms with E-state index in [-0.39, 0.29) is 5.92 Å². The van der Waals surface area contributed by atoms with Gasteiger partial charge < -0.3 is 10.5 Å². The first-order valence-corrected chi connectivity index (χ1v) is 5.52. The molecular weight excluding hydrogens is 218 g/mol. The smallest absolute Gasteiger partial charge is 0.183 e. The molecule has 1 aromatic carbocycles. The summed E-state index contributed by atoms with van der Waals surface area (Å²) in [4.78, 5) is 0. The Balaban J connectivity index is 2.37. The molecule has 1 unspecified atom stereocenters. The minimum atomic E-state index is -0.100. The molecule has 0 bridgehead atoms. The summed E-state index contributed by atoms with van der Waals surface area (Å²) in [5, 5.41) is 14.0. The van der Waals surface area contributed by atoms with Gasteiger partial charge in [0.15, 0.2) is 5.82 Å². The van der Waals surface area contributed by atoms with Crippen molar-refractivity contribution in [3.63, 3.8) is 0 Å². The number of hydrogen-bond acceptors (Lipinski definition) is 5. The highest BCUT2D eigenvalue weighted by atomic mass is 16.5. The van der Waals surface area contributed by atoms with E-state index in [0.29, 0.717) is 19.0 Å². The first kappa shape index (κ1) is 11.5. The van der Waals surface area contributed by atoms with Crippen LogP contribution in [-0.2, 0) is 0 Å². The Morgan fingerprint density at radius 1 is 1.41 bits per heavy atom. The molecule has 6 heteroatoms. The number of benzene rings is 1. The van der Waals surface area contributed by atoms with Crippen LogP contribution >= 0.6 is 0 Å². The number of aromatic amines is 1. The molecule has 3 N–H and O–H groups in total. The number of hydrogen-bond donors (Lipinski definition) is 2. The van der Waals surface area contributed by atoms with Gasteiger partial charge in [-0.25, -0.2) is 0 Å². The van der Waals surface area contributed by atoms with E-state index < -0.39 is 0 Å². The quantitative estimate of drug-likeness (QED) is 0.793. The number of H-pyrrole nitrogens is 1. The van der Waals surface area contributed by atoms with Gasteiger partial charge in [-0.2, -0.15) is 5.21 Å². The fourth-order valence-corrected chi connectivity index (χ4v) is 1.74. The molecule has 0 radical (unpaired) electrons. The second kappa shape index (κ2) is 5.40. The van der Waals surface area contributed by atoms with E-state index >= 15 is 0 Å². The third kappa shape index (κ3) is 2.42. The molecule has 1 atom stereocenters.